The van der Waals surface area contributed by atoms with Crippen molar-refractivity contribution in [3.05, 3.63) is 166 Å². The molecule has 0 radical (unpaired) electrons. The Bertz CT molecular complexity index is 1720. The van der Waals surface area contributed by atoms with Crippen LogP contribution in [0, 0.1) is 0 Å². The van der Waals surface area contributed by atoms with Gasteiger partial charge in [-0.1, -0.05) is 97.1 Å². The van der Waals surface area contributed by atoms with E-state index in [4.69, 9.17) is 14.2 Å². The van der Waals surface area contributed by atoms with Gasteiger partial charge in [-0.25, -0.2) is 9.59 Å². The normalized spacial score (nSPS) is 10.5. The number of carbonyl (C=O) groups is 3. The lowest BCUT2D eigenvalue weighted by molar-refractivity contribution is 0.0469. The summed E-state index contributed by atoms with van der Waals surface area (Å²) in [5.74, 6) is -2.20. The van der Waals surface area contributed by atoms with Gasteiger partial charge in [-0.05, 0) is 47.0 Å². The van der Waals surface area contributed by atoms with Gasteiger partial charge in [0.2, 0.25) is 5.78 Å². The number of benzene rings is 5. The third-order valence-electron chi connectivity index (χ3n) is 6.63. The molecule has 0 bridgehead atoms. The van der Waals surface area contributed by atoms with Crippen molar-refractivity contribution in [1.82, 2.24) is 0 Å². The summed E-state index contributed by atoms with van der Waals surface area (Å²) in [5.41, 5.74) is 2.53. The standard InChI is InChI=1S/C36H28O7/c37-34(29-20-19-28(35(38)39)21-32(29)42-23-26-13-6-2-7-14-26)33-30(36(40)43-24-27-15-8-3-9-16-27)17-10-18-31(33)41-22-25-11-4-1-5-12-25/h1-21H,22-24H2,(H,38,39). The van der Waals surface area contributed by atoms with Crippen LogP contribution in [0.4, 0.5) is 0 Å². The van der Waals surface area contributed by atoms with Gasteiger partial charge >= 0.3 is 11.9 Å². The lowest BCUT2D eigenvalue weighted by atomic mass is 9.95. The minimum atomic E-state index is -1.17. The molecule has 0 unspecified atom stereocenters. The van der Waals surface area contributed by atoms with E-state index in [1.54, 1.807) is 12.1 Å². The van der Waals surface area contributed by atoms with Gasteiger partial charge in [-0.15, -0.1) is 0 Å². The Morgan fingerprint density at radius 1 is 0.535 bits per heavy atom. The van der Waals surface area contributed by atoms with E-state index < -0.39 is 17.7 Å². The molecule has 0 atom stereocenters. The Morgan fingerprint density at radius 3 is 1.63 bits per heavy atom. The van der Waals surface area contributed by atoms with Crippen molar-refractivity contribution in [2.45, 2.75) is 19.8 Å². The van der Waals surface area contributed by atoms with Crippen molar-refractivity contribution in [2.24, 2.45) is 0 Å². The predicted molar refractivity (Wildman–Crippen MR) is 160 cm³/mol. The molecule has 0 aliphatic rings. The Hall–Kier alpha value is -5.69. The van der Waals surface area contributed by atoms with Crippen LogP contribution >= 0.6 is 0 Å². The molecule has 0 aliphatic heterocycles. The van der Waals surface area contributed by atoms with Crippen LogP contribution in [0.25, 0.3) is 0 Å². The Labute approximate surface area is 248 Å². The van der Waals surface area contributed by atoms with Crippen LogP contribution in [-0.4, -0.2) is 22.8 Å². The Kier molecular flexibility index (Phi) is 9.24. The number of ketones is 1. The second-order valence-electron chi connectivity index (χ2n) is 9.63. The topological polar surface area (TPSA) is 99.1 Å². The minimum Gasteiger partial charge on any atom is -0.488 e. The number of hydrogen-bond donors (Lipinski definition) is 1. The van der Waals surface area contributed by atoms with Crippen molar-refractivity contribution in [2.75, 3.05) is 0 Å². The lowest BCUT2D eigenvalue weighted by Crippen LogP contribution is -2.16. The largest absolute Gasteiger partial charge is 0.488 e. The molecule has 43 heavy (non-hydrogen) atoms. The van der Waals surface area contributed by atoms with Crippen molar-refractivity contribution < 1.29 is 33.7 Å². The van der Waals surface area contributed by atoms with Crippen LogP contribution < -0.4 is 9.47 Å². The number of ether oxygens (including phenoxy) is 3. The minimum absolute atomic E-state index is 0.0101. The van der Waals surface area contributed by atoms with Crippen LogP contribution in [0.5, 0.6) is 11.5 Å². The van der Waals surface area contributed by atoms with Gasteiger partial charge in [-0.2, -0.15) is 0 Å². The van der Waals surface area contributed by atoms with Gasteiger partial charge in [0.05, 0.1) is 22.3 Å². The van der Waals surface area contributed by atoms with Crippen molar-refractivity contribution in [3.8, 4) is 11.5 Å². The highest BCUT2D eigenvalue weighted by Crippen LogP contribution is 2.32. The molecule has 7 heteroatoms. The zero-order chi connectivity index (χ0) is 30.0. The zero-order valence-corrected chi connectivity index (χ0v) is 23.1. The number of hydrogen-bond acceptors (Lipinski definition) is 6. The molecule has 5 aromatic rings. The maximum atomic E-state index is 14.3. The first kappa shape index (κ1) is 28.8. The molecule has 0 amide bonds. The van der Waals surface area contributed by atoms with E-state index in [2.05, 4.69) is 0 Å². The molecule has 0 saturated carbocycles. The summed E-state index contributed by atoms with van der Waals surface area (Å²) in [5, 5.41) is 9.61. The number of carboxylic acid groups (broad SMARTS) is 1. The molecule has 0 saturated heterocycles. The van der Waals surface area contributed by atoms with E-state index in [1.807, 2.05) is 91.0 Å². The summed E-state index contributed by atoms with van der Waals surface area (Å²) in [6.07, 6.45) is 0. The molecule has 1 N–H and O–H groups in total. The van der Waals surface area contributed by atoms with Crippen LogP contribution in [0.2, 0.25) is 0 Å². The molecule has 0 fully saturated rings. The van der Waals surface area contributed by atoms with E-state index in [9.17, 15) is 19.5 Å². The van der Waals surface area contributed by atoms with Gasteiger partial charge in [0, 0.05) is 0 Å². The van der Waals surface area contributed by atoms with Crippen LogP contribution in [-0.2, 0) is 24.6 Å². The first-order valence-corrected chi connectivity index (χ1v) is 13.6. The van der Waals surface area contributed by atoms with Crippen LogP contribution in [0.3, 0.4) is 0 Å². The van der Waals surface area contributed by atoms with Crippen molar-refractivity contribution in [3.63, 3.8) is 0 Å². The van der Waals surface area contributed by atoms with Gasteiger partial charge in [0.25, 0.3) is 0 Å². The van der Waals surface area contributed by atoms with Gasteiger partial charge < -0.3 is 19.3 Å². The average molecular weight is 573 g/mol. The molecular weight excluding hydrogens is 544 g/mol. The second kappa shape index (κ2) is 13.8. The summed E-state index contributed by atoms with van der Waals surface area (Å²) in [4.78, 5) is 39.4. The van der Waals surface area contributed by atoms with Crippen LogP contribution in [0.15, 0.2) is 127 Å². The molecule has 5 rings (SSSR count). The monoisotopic (exact) mass is 572 g/mol. The molecule has 5 aromatic carbocycles. The number of aromatic carboxylic acids is 1. The molecule has 0 aliphatic carbocycles. The van der Waals surface area contributed by atoms with Gasteiger partial charge in [-0.3, -0.25) is 4.79 Å². The molecular formula is C36H28O7. The summed E-state index contributed by atoms with van der Waals surface area (Å²) >= 11 is 0. The predicted octanol–water partition coefficient (Wildman–Crippen LogP) is 7.13. The third kappa shape index (κ3) is 7.34. The lowest BCUT2D eigenvalue weighted by Gasteiger charge is -2.17. The Balaban J connectivity index is 1.52. The van der Waals surface area contributed by atoms with Gasteiger partial charge in [0.1, 0.15) is 31.3 Å². The first-order chi connectivity index (χ1) is 21.0. The summed E-state index contributed by atoms with van der Waals surface area (Å²) in [6, 6.07) is 36.7. The number of carboxylic acids is 1. The van der Waals surface area contributed by atoms with Gasteiger partial charge in [0.15, 0.2) is 0 Å². The third-order valence-corrected chi connectivity index (χ3v) is 6.63. The fraction of sp³-hybridized carbons (Fsp3) is 0.0833. The highest BCUT2D eigenvalue weighted by atomic mass is 16.5. The summed E-state index contributed by atoms with van der Waals surface area (Å²) < 4.78 is 17.7. The van der Waals surface area contributed by atoms with E-state index >= 15 is 0 Å². The average Bonchev–Trinajstić information content (AvgIpc) is 3.06. The SMILES string of the molecule is O=C(O)c1ccc(C(=O)c2c(OCc3ccccc3)cccc2C(=O)OCc2ccccc2)c(OCc2ccccc2)c1. The zero-order valence-electron chi connectivity index (χ0n) is 23.1. The smallest absolute Gasteiger partial charge is 0.339 e. The quantitative estimate of drug-likeness (QED) is 0.125. The van der Waals surface area contributed by atoms with Crippen LogP contribution in [0.1, 0.15) is 53.3 Å². The van der Waals surface area contributed by atoms with E-state index in [0.717, 1.165) is 16.7 Å². The molecule has 0 spiro atoms. The van der Waals surface area contributed by atoms with Crippen molar-refractivity contribution in [1.29, 1.82) is 0 Å². The molecule has 0 heterocycles. The maximum absolute atomic E-state index is 14.3. The van der Waals surface area contributed by atoms with E-state index in [1.165, 1.54) is 24.3 Å². The first-order valence-electron chi connectivity index (χ1n) is 13.6. The second-order valence-corrected chi connectivity index (χ2v) is 9.63. The highest BCUT2D eigenvalue weighted by molar-refractivity contribution is 6.17. The molecule has 7 nitrogen and oxygen atoms in total. The maximum Gasteiger partial charge on any atom is 0.339 e. The fourth-order valence-electron chi connectivity index (χ4n) is 4.42. The number of carbonyl (C=O) groups excluding carboxylic acids is 2. The molecule has 0 aromatic heterocycles. The molecule has 214 valence electrons. The summed E-state index contributed by atoms with van der Waals surface area (Å²) in [7, 11) is 0. The van der Waals surface area contributed by atoms with Crippen molar-refractivity contribution >= 4 is 17.7 Å². The highest BCUT2D eigenvalue weighted by Gasteiger charge is 2.27. The van der Waals surface area contributed by atoms with E-state index in [-0.39, 0.29) is 53.6 Å². The number of rotatable bonds is 12. The summed E-state index contributed by atoms with van der Waals surface area (Å²) in [6.45, 7) is 0.266. The Morgan fingerprint density at radius 2 is 1.07 bits per heavy atom. The fourth-order valence-corrected chi connectivity index (χ4v) is 4.42. The number of esters is 1. The van der Waals surface area contributed by atoms with E-state index in [0.29, 0.717) is 0 Å².